The molecule has 28 heavy (non-hydrogen) atoms. The number of carbonyl (C=O) groups excluding carboxylic acids is 1. The normalized spacial score (nSPS) is 20.0. The molecule has 1 aliphatic rings. The molecule has 1 fully saturated rings. The van der Waals surface area contributed by atoms with E-state index in [1.54, 1.807) is 24.3 Å². The van der Waals surface area contributed by atoms with Gasteiger partial charge in [0.05, 0.1) is 17.8 Å². The minimum absolute atomic E-state index is 0.163. The Morgan fingerprint density at radius 1 is 1.14 bits per heavy atom. The molecule has 0 bridgehead atoms. The fourth-order valence-corrected chi connectivity index (χ4v) is 3.41. The molecule has 1 saturated heterocycles. The van der Waals surface area contributed by atoms with Crippen LogP contribution in [-0.4, -0.2) is 49.2 Å². The van der Waals surface area contributed by atoms with Crippen LogP contribution >= 0.6 is 0 Å². The van der Waals surface area contributed by atoms with Gasteiger partial charge in [-0.05, 0) is 43.7 Å². The molecule has 3 rings (SSSR count). The molecule has 0 spiro atoms. The molecule has 2 atom stereocenters. The Kier molecular flexibility index (Phi) is 7.01. The zero-order valence-electron chi connectivity index (χ0n) is 16.4. The van der Waals surface area contributed by atoms with E-state index in [-0.39, 0.29) is 30.5 Å². The molecule has 2 aromatic rings. The van der Waals surface area contributed by atoms with Crippen molar-refractivity contribution in [3.63, 3.8) is 0 Å². The monoisotopic (exact) mass is 386 g/mol. The van der Waals surface area contributed by atoms with E-state index in [0.29, 0.717) is 17.9 Å². The van der Waals surface area contributed by atoms with E-state index in [9.17, 15) is 9.18 Å². The van der Waals surface area contributed by atoms with E-state index in [4.69, 9.17) is 9.47 Å². The predicted molar refractivity (Wildman–Crippen MR) is 106 cm³/mol. The van der Waals surface area contributed by atoms with Gasteiger partial charge in [-0.3, -0.25) is 9.69 Å². The largest absolute Gasteiger partial charge is 0.488 e. The Morgan fingerprint density at radius 2 is 1.82 bits per heavy atom. The summed E-state index contributed by atoms with van der Waals surface area (Å²) in [7, 11) is 0. The molecule has 0 aliphatic carbocycles. The fourth-order valence-electron chi connectivity index (χ4n) is 3.41. The number of halogens is 1. The fraction of sp³-hybridized carbons (Fsp3) is 0.409. The van der Waals surface area contributed by atoms with E-state index in [1.807, 2.05) is 12.1 Å². The summed E-state index contributed by atoms with van der Waals surface area (Å²) in [6.07, 6.45) is 0.417. The SMILES string of the molecule is CC1CN(CCNC(=O)c2ccccc2OCc2ccc(F)cc2)CC(C)O1. The topological polar surface area (TPSA) is 50.8 Å². The molecule has 0 radical (unpaired) electrons. The van der Waals surface area contributed by atoms with Crippen LogP contribution in [0.25, 0.3) is 0 Å². The summed E-state index contributed by atoms with van der Waals surface area (Å²) in [6.45, 7) is 7.49. The minimum Gasteiger partial charge on any atom is -0.488 e. The first-order chi connectivity index (χ1) is 13.5. The van der Waals surface area contributed by atoms with Gasteiger partial charge in [-0.15, -0.1) is 0 Å². The second-order valence-corrected chi connectivity index (χ2v) is 7.18. The maximum atomic E-state index is 13.0. The van der Waals surface area contributed by atoms with Crippen LogP contribution in [-0.2, 0) is 11.3 Å². The maximum Gasteiger partial charge on any atom is 0.255 e. The van der Waals surface area contributed by atoms with Crippen molar-refractivity contribution in [2.45, 2.75) is 32.7 Å². The molecule has 5 nitrogen and oxygen atoms in total. The van der Waals surface area contributed by atoms with Crippen molar-refractivity contribution in [3.8, 4) is 5.75 Å². The number of nitrogens with one attached hydrogen (secondary N) is 1. The van der Waals surface area contributed by atoms with Gasteiger partial charge in [-0.1, -0.05) is 24.3 Å². The molecule has 1 aliphatic heterocycles. The smallest absolute Gasteiger partial charge is 0.255 e. The third-order valence-corrected chi connectivity index (χ3v) is 4.65. The first-order valence-electron chi connectivity index (χ1n) is 9.63. The van der Waals surface area contributed by atoms with E-state index in [2.05, 4.69) is 24.1 Å². The Balaban J connectivity index is 1.52. The third-order valence-electron chi connectivity index (χ3n) is 4.65. The molecule has 150 valence electrons. The molecule has 2 unspecified atom stereocenters. The number of amides is 1. The summed E-state index contributed by atoms with van der Waals surface area (Å²) in [6, 6.07) is 13.3. The molecular weight excluding hydrogens is 359 g/mol. The second kappa shape index (κ2) is 9.66. The van der Waals surface area contributed by atoms with Gasteiger partial charge in [0.2, 0.25) is 0 Å². The summed E-state index contributed by atoms with van der Waals surface area (Å²) >= 11 is 0. The molecule has 6 heteroatoms. The van der Waals surface area contributed by atoms with Crippen molar-refractivity contribution >= 4 is 5.91 Å². The van der Waals surface area contributed by atoms with Gasteiger partial charge in [0.15, 0.2) is 0 Å². The first-order valence-corrected chi connectivity index (χ1v) is 9.63. The number of hydrogen-bond acceptors (Lipinski definition) is 4. The van der Waals surface area contributed by atoms with Crippen LogP contribution in [0.5, 0.6) is 5.75 Å². The van der Waals surface area contributed by atoms with E-state index in [1.165, 1.54) is 12.1 Å². The number of hydrogen-bond donors (Lipinski definition) is 1. The lowest BCUT2D eigenvalue weighted by atomic mass is 10.2. The molecule has 1 amide bonds. The van der Waals surface area contributed by atoms with Gasteiger partial charge in [-0.2, -0.15) is 0 Å². The number of benzene rings is 2. The summed E-state index contributed by atoms with van der Waals surface area (Å²) < 4.78 is 24.5. The third kappa shape index (κ3) is 5.78. The van der Waals surface area contributed by atoms with Crippen LogP contribution in [0.15, 0.2) is 48.5 Å². The Bertz CT molecular complexity index is 772. The van der Waals surface area contributed by atoms with Crippen molar-refractivity contribution in [3.05, 3.63) is 65.5 Å². The number of nitrogens with zero attached hydrogens (tertiary/aromatic N) is 1. The molecule has 2 aromatic carbocycles. The number of carbonyl (C=O) groups is 1. The van der Waals surface area contributed by atoms with E-state index >= 15 is 0 Å². The Labute approximate surface area is 165 Å². The zero-order valence-corrected chi connectivity index (χ0v) is 16.4. The predicted octanol–water partition coefficient (Wildman–Crippen LogP) is 3.24. The highest BCUT2D eigenvalue weighted by molar-refractivity contribution is 5.96. The van der Waals surface area contributed by atoms with Crippen LogP contribution < -0.4 is 10.1 Å². The van der Waals surface area contributed by atoms with Gasteiger partial charge in [-0.25, -0.2) is 4.39 Å². The van der Waals surface area contributed by atoms with E-state index in [0.717, 1.165) is 25.2 Å². The highest BCUT2D eigenvalue weighted by Crippen LogP contribution is 2.19. The van der Waals surface area contributed by atoms with Crippen molar-refractivity contribution in [2.24, 2.45) is 0 Å². The van der Waals surface area contributed by atoms with Gasteiger partial charge in [0.25, 0.3) is 5.91 Å². The summed E-state index contributed by atoms with van der Waals surface area (Å²) in [4.78, 5) is 14.9. The Morgan fingerprint density at radius 3 is 2.54 bits per heavy atom. The molecule has 0 aromatic heterocycles. The van der Waals surface area contributed by atoms with Crippen LogP contribution in [0.3, 0.4) is 0 Å². The summed E-state index contributed by atoms with van der Waals surface area (Å²) in [5.74, 6) is 0.0644. The number of para-hydroxylation sites is 1. The highest BCUT2D eigenvalue weighted by atomic mass is 19.1. The molecule has 0 saturated carbocycles. The average molecular weight is 386 g/mol. The molecule has 1 heterocycles. The van der Waals surface area contributed by atoms with Crippen molar-refractivity contribution < 1.29 is 18.7 Å². The lowest BCUT2D eigenvalue weighted by Gasteiger charge is -2.35. The zero-order chi connectivity index (χ0) is 19.9. The van der Waals surface area contributed by atoms with Crippen LogP contribution in [0, 0.1) is 5.82 Å². The summed E-state index contributed by atoms with van der Waals surface area (Å²) in [5, 5.41) is 2.97. The highest BCUT2D eigenvalue weighted by Gasteiger charge is 2.22. The van der Waals surface area contributed by atoms with Gasteiger partial charge in [0, 0.05) is 26.2 Å². The van der Waals surface area contributed by atoms with Crippen LogP contribution in [0.1, 0.15) is 29.8 Å². The quantitative estimate of drug-likeness (QED) is 0.794. The van der Waals surface area contributed by atoms with E-state index < -0.39 is 0 Å². The number of rotatable bonds is 7. The lowest BCUT2D eigenvalue weighted by Crippen LogP contribution is -2.47. The molecule has 1 N–H and O–H groups in total. The van der Waals surface area contributed by atoms with Crippen molar-refractivity contribution in [1.29, 1.82) is 0 Å². The minimum atomic E-state index is -0.285. The van der Waals surface area contributed by atoms with Crippen LogP contribution in [0.4, 0.5) is 4.39 Å². The van der Waals surface area contributed by atoms with Crippen molar-refractivity contribution in [1.82, 2.24) is 10.2 Å². The number of ether oxygens (including phenoxy) is 2. The average Bonchev–Trinajstić information content (AvgIpc) is 2.67. The standard InChI is InChI=1S/C22H27FN2O3/c1-16-13-25(14-17(2)28-16)12-11-24-22(26)20-5-3-4-6-21(20)27-15-18-7-9-19(23)10-8-18/h3-10,16-17H,11-15H2,1-2H3,(H,24,26). The van der Waals surface area contributed by atoms with Gasteiger partial charge in [0.1, 0.15) is 18.2 Å². The number of morpholine rings is 1. The first kappa shape index (κ1) is 20.3. The molecular formula is C22H27FN2O3. The van der Waals surface area contributed by atoms with Gasteiger partial charge < -0.3 is 14.8 Å². The van der Waals surface area contributed by atoms with Crippen LogP contribution in [0.2, 0.25) is 0 Å². The second-order valence-electron chi connectivity index (χ2n) is 7.18. The summed E-state index contributed by atoms with van der Waals surface area (Å²) in [5.41, 5.74) is 1.33. The van der Waals surface area contributed by atoms with Crippen molar-refractivity contribution in [2.75, 3.05) is 26.2 Å². The lowest BCUT2D eigenvalue weighted by molar-refractivity contribution is -0.0672. The maximum absolute atomic E-state index is 13.0. The Hall–Kier alpha value is -2.44. The van der Waals surface area contributed by atoms with Gasteiger partial charge >= 0.3 is 0 Å².